The molecule has 1 N–H and O–H groups in total. The maximum absolute atomic E-state index is 12.7. The number of ether oxygens (including phenoxy) is 2. The third-order valence-electron chi connectivity index (χ3n) is 6.19. The van der Waals surface area contributed by atoms with Gasteiger partial charge in [-0.15, -0.1) is 0 Å². The second kappa shape index (κ2) is 9.15. The van der Waals surface area contributed by atoms with Gasteiger partial charge in [0, 0.05) is 12.0 Å². The molecule has 1 amide bonds. The topological polar surface area (TPSA) is 112 Å². The molecule has 1 aromatic heterocycles. The van der Waals surface area contributed by atoms with Crippen LogP contribution in [0.1, 0.15) is 25.7 Å². The largest absolute Gasteiger partial charge is 0.496 e. The molecule has 0 radical (unpaired) electrons. The van der Waals surface area contributed by atoms with Crippen LogP contribution in [0.4, 0.5) is 0 Å². The monoisotopic (exact) mass is 581 g/mol. The van der Waals surface area contributed by atoms with Gasteiger partial charge in [0.1, 0.15) is 23.4 Å². The van der Waals surface area contributed by atoms with Gasteiger partial charge in [0.15, 0.2) is 11.0 Å². The molecule has 2 aliphatic rings. The molecule has 8 nitrogen and oxygen atoms in total. The lowest BCUT2D eigenvalue weighted by Gasteiger charge is -2.34. The van der Waals surface area contributed by atoms with E-state index in [0.717, 1.165) is 0 Å². The highest BCUT2D eigenvalue weighted by Gasteiger charge is 2.42. The summed E-state index contributed by atoms with van der Waals surface area (Å²) in [6, 6.07) is 9.71. The summed E-state index contributed by atoms with van der Waals surface area (Å²) in [6.45, 7) is 0. The van der Waals surface area contributed by atoms with Gasteiger partial charge in [0.05, 0.1) is 32.8 Å². The number of benzene rings is 2. The highest BCUT2D eigenvalue weighted by atomic mass is 79.9. The predicted octanol–water partition coefficient (Wildman–Crippen LogP) is 4.65. The van der Waals surface area contributed by atoms with Gasteiger partial charge >= 0.3 is 0 Å². The number of hydrogen-bond donors (Lipinski definition) is 1. The number of para-hydroxylation sites is 1. The van der Waals surface area contributed by atoms with Crippen LogP contribution >= 0.6 is 27.5 Å². The Kier molecular flexibility index (Phi) is 6.31. The van der Waals surface area contributed by atoms with Crippen LogP contribution in [0, 0.1) is 5.92 Å². The molecular weight excluding hydrogens is 562 g/mol. The van der Waals surface area contributed by atoms with Gasteiger partial charge in [0.25, 0.3) is 0 Å². The molecule has 0 unspecified atom stereocenters. The van der Waals surface area contributed by atoms with E-state index in [-0.39, 0.29) is 22.9 Å². The maximum Gasteiger partial charge on any atom is 0.237 e. The van der Waals surface area contributed by atoms with Crippen molar-refractivity contribution in [3.63, 3.8) is 0 Å². The number of halogens is 2. The Balaban J connectivity index is 1.40. The Morgan fingerprint density at radius 2 is 1.91 bits per heavy atom. The van der Waals surface area contributed by atoms with Gasteiger partial charge in [0.2, 0.25) is 15.9 Å². The number of carbonyl (C=O) groups is 1. The molecule has 0 bridgehead atoms. The van der Waals surface area contributed by atoms with Gasteiger partial charge in [-0.3, -0.25) is 14.3 Å². The smallest absolute Gasteiger partial charge is 0.237 e. The molecular formula is C24H21BrClNO7S. The van der Waals surface area contributed by atoms with Gasteiger partial charge in [-0.05, 0) is 65.9 Å². The van der Waals surface area contributed by atoms with Gasteiger partial charge in [-0.25, -0.2) is 8.42 Å². The van der Waals surface area contributed by atoms with Crippen molar-refractivity contribution in [2.75, 3.05) is 7.11 Å². The minimum Gasteiger partial charge on any atom is -0.496 e. The standard InChI is InChI=1S/C24H21BrClNO7S/c1-32-22-9-16(21-11-19(28)15-3-2-4-18(26)23(15)34-21)20(10-17(22)25)33-13-7-12(8-13)24(29)27-35(30,31)14-5-6-14/h2-4,9-14H,5-8H2,1H3,(H,27,29)/t12-,13+. The van der Waals surface area contributed by atoms with E-state index in [4.69, 9.17) is 25.5 Å². The maximum atomic E-state index is 12.7. The van der Waals surface area contributed by atoms with E-state index in [0.29, 0.717) is 57.6 Å². The number of carbonyl (C=O) groups excluding carboxylic acids is 1. The van der Waals surface area contributed by atoms with Crippen molar-refractivity contribution in [3.05, 3.63) is 56.1 Å². The number of sulfonamides is 1. The Labute approximate surface area is 214 Å². The fraction of sp³-hybridized carbons (Fsp3) is 0.333. The molecule has 0 spiro atoms. The van der Waals surface area contributed by atoms with Crippen molar-refractivity contribution >= 4 is 54.4 Å². The molecule has 2 fully saturated rings. The van der Waals surface area contributed by atoms with E-state index in [1.54, 1.807) is 30.3 Å². The predicted molar refractivity (Wildman–Crippen MR) is 134 cm³/mol. The second-order valence-corrected chi connectivity index (χ2v) is 11.9. The summed E-state index contributed by atoms with van der Waals surface area (Å²) in [5.74, 6) is 0.228. The molecule has 2 saturated carbocycles. The normalized spacial score (nSPS) is 19.7. The molecule has 0 saturated heterocycles. The molecule has 1 heterocycles. The number of hydrogen-bond acceptors (Lipinski definition) is 7. The van der Waals surface area contributed by atoms with E-state index in [2.05, 4.69) is 20.7 Å². The summed E-state index contributed by atoms with van der Waals surface area (Å²) in [5, 5.41) is 0.215. The van der Waals surface area contributed by atoms with E-state index >= 15 is 0 Å². The highest BCUT2D eigenvalue weighted by molar-refractivity contribution is 9.10. The summed E-state index contributed by atoms with van der Waals surface area (Å²) in [6.07, 6.45) is 1.59. The van der Waals surface area contributed by atoms with Crippen molar-refractivity contribution in [3.8, 4) is 22.8 Å². The average Bonchev–Trinajstić information content (AvgIpc) is 3.62. The van der Waals surface area contributed by atoms with Crippen LogP contribution in [0.2, 0.25) is 5.02 Å². The summed E-state index contributed by atoms with van der Waals surface area (Å²) < 4.78 is 44.5. The van der Waals surface area contributed by atoms with Gasteiger partial charge in [-0.2, -0.15) is 0 Å². The zero-order valence-corrected chi connectivity index (χ0v) is 21.7. The Hall–Kier alpha value is -2.56. The quantitative estimate of drug-likeness (QED) is 0.432. The second-order valence-electron chi connectivity index (χ2n) is 8.69. The van der Waals surface area contributed by atoms with Gasteiger partial charge in [-0.1, -0.05) is 17.7 Å². The van der Waals surface area contributed by atoms with Crippen LogP contribution in [-0.2, 0) is 14.8 Å². The third kappa shape index (κ3) is 4.79. The van der Waals surface area contributed by atoms with Gasteiger partial charge < -0.3 is 13.9 Å². The van der Waals surface area contributed by atoms with E-state index in [1.165, 1.54) is 13.2 Å². The van der Waals surface area contributed by atoms with E-state index in [1.807, 2.05) is 0 Å². The summed E-state index contributed by atoms with van der Waals surface area (Å²) in [5.41, 5.74) is 0.490. The third-order valence-corrected chi connectivity index (χ3v) is 8.94. The number of fused-ring (bicyclic) bond motifs is 1. The first-order valence-electron chi connectivity index (χ1n) is 11.0. The minimum absolute atomic E-state index is 0.251. The number of methoxy groups -OCH3 is 1. The SMILES string of the molecule is COc1cc(-c2cc(=O)c3cccc(Cl)c3o2)c(O[C@H]2C[C@@H](C(=O)NS(=O)(=O)C3CC3)C2)cc1Br. The molecule has 184 valence electrons. The first kappa shape index (κ1) is 24.1. The summed E-state index contributed by atoms with van der Waals surface area (Å²) in [7, 11) is -2.06. The molecule has 3 aromatic rings. The average molecular weight is 583 g/mol. The molecule has 5 rings (SSSR count). The summed E-state index contributed by atoms with van der Waals surface area (Å²) >= 11 is 9.71. The lowest BCUT2D eigenvalue weighted by molar-refractivity contribution is -0.128. The lowest BCUT2D eigenvalue weighted by atomic mass is 9.82. The fourth-order valence-corrected chi connectivity index (χ4v) is 6.07. The highest BCUT2D eigenvalue weighted by Crippen LogP contribution is 2.42. The lowest BCUT2D eigenvalue weighted by Crippen LogP contribution is -2.46. The van der Waals surface area contributed by atoms with Crippen LogP contribution in [0.3, 0.4) is 0 Å². The molecule has 0 aliphatic heterocycles. The van der Waals surface area contributed by atoms with Crippen molar-refractivity contribution in [2.45, 2.75) is 37.0 Å². The Bertz CT molecular complexity index is 1490. The van der Waals surface area contributed by atoms with Crippen molar-refractivity contribution in [1.29, 1.82) is 0 Å². The number of nitrogens with one attached hydrogen (secondary N) is 1. The molecule has 0 atom stereocenters. The Morgan fingerprint density at radius 1 is 1.17 bits per heavy atom. The zero-order valence-electron chi connectivity index (χ0n) is 18.5. The number of rotatable bonds is 7. The minimum atomic E-state index is -3.58. The van der Waals surface area contributed by atoms with E-state index in [9.17, 15) is 18.0 Å². The zero-order chi connectivity index (χ0) is 24.9. The van der Waals surface area contributed by atoms with Crippen LogP contribution < -0.4 is 19.6 Å². The van der Waals surface area contributed by atoms with Crippen molar-refractivity contribution in [2.24, 2.45) is 5.92 Å². The Morgan fingerprint density at radius 3 is 2.60 bits per heavy atom. The first-order chi connectivity index (χ1) is 16.7. The van der Waals surface area contributed by atoms with E-state index < -0.39 is 27.1 Å². The van der Waals surface area contributed by atoms with Crippen LogP contribution in [0.5, 0.6) is 11.5 Å². The first-order valence-corrected chi connectivity index (χ1v) is 13.7. The molecule has 11 heteroatoms. The van der Waals surface area contributed by atoms with Crippen LogP contribution in [0.15, 0.2) is 50.1 Å². The van der Waals surface area contributed by atoms with Crippen molar-refractivity contribution in [1.82, 2.24) is 4.72 Å². The molecule has 2 aliphatic carbocycles. The van der Waals surface area contributed by atoms with Crippen LogP contribution in [0.25, 0.3) is 22.3 Å². The molecule has 2 aromatic carbocycles. The molecule has 35 heavy (non-hydrogen) atoms. The summed E-state index contributed by atoms with van der Waals surface area (Å²) in [4.78, 5) is 25.1. The van der Waals surface area contributed by atoms with Crippen LogP contribution in [-0.4, -0.2) is 32.8 Å². The fourth-order valence-electron chi connectivity index (χ4n) is 4.00. The number of amides is 1. The van der Waals surface area contributed by atoms with Crippen molar-refractivity contribution < 1.29 is 27.1 Å².